The smallest absolute Gasteiger partial charge is 0.489 e. The van der Waals surface area contributed by atoms with Crippen molar-refractivity contribution in [1.29, 1.82) is 0 Å². The van der Waals surface area contributed by atoms with Gasteiger partial charge in [0.15, 0.2) is 0 Å². The van der Waals surface area contributed by atoms with E-state index >= 15 is 0 Å². The molecule has 0 radical (unpaired) electrons. The zero-order valence-electron chi connectivity index (χ0n) is 11.3. The second kappa shape index (κ2) is 8.08. The molecule has 120 valence electrons. The number of nitrogens with two attached hydrogens (primary N) is 1. The number of hydrogen-bond acceptors (Lipinski definition) is 3. The van der Waals surface area contributed by atoms with Crippen molar-refractivity contribution >= 4 is 23.2 Å². The maximum atomic E-state index is 11.9. The second-order valence-electron chi connectivity index (χ2n) is 4.39. The first-order valence-electron chi connectivity index (χ1n) is 6.30. The van der Waals surface area contributed by atoms with Crippen molar-refractivity contribution in [2.45, 2.75) is 32.2 Å². The van der Waals surface area contributed by atoms with Gasteiger partial charge in [-0.15, -0.1) is 13.2 Å². The fraction of sp³-hybridized carbons (Fsp3) is 0.538. The zero-order chi connectivity index (χ0) is 16.0. The molecule has 0 heterocycles. The number of benzene rings is 1. The number of alkyl halides is 3. The molecule has 1 rings (SSSR count). The summed E-state index contributed by atoms with van der Waals surface area (Å²) in [4.78, 5) is 0. The van der Waals surface area contributed by atoms with E-state index in [1.165, 1.54) is 6.07 Å². The lowest BCUT2D eigenvalue weighted by Gasteiger charge is -2.16. The summed E-state index contributed by atoms with van der Waals surface area (Å²) in [6.45, 7) is 1.02. The molecule has 0 saturated heterocycles. The third-order valence-corrected chi connectivity index (χ3v) is 3.19. The van der Waals surface area contributed by atoms with Gasteiger partial charge in [-0.2, -0.15) is 0 Å². The molecule has 0 amide bonds. The highest BCUT2D eigenvalue weighted by Crippen LogP contribution is 2.33. The Labute approximate surface area is 131 Å². The van der Waals surface area contributed by atoms with E-state index in [1.807, 2.05) is 6.92 Å². The molecule has 1 aromatic rings. The minimum atomic E-state index is -4.68. The quantitative estimate of drug-likeness (QED) is 0.753. The van der Waals surface area contributed by atoms with E-state index in [-0.39, 0.29) is 23.4 Å². The van der Waals surface area contributed by atoms with Crippen LogP contribution in [0.4, 0.5) is 13.2 Å². The van der Waals surface area contributed by atoms with Gasteiger partial charge in [0.05, 0.1) is 11.6 Å². The van der Waals surface area contributed by atoms with Crippen molar-refractivity contribution in [2.24, 2.45) is 5.73 Å². The monoisotopic (exact) mass is 345 g/mol. The highest BCUT2D eigenvalue weighted by atomic mass is 35.5. The first-order chi connectivity index (χ1) is 9.73. The molecule has 3 nitrogen and oxygen atoms in total. The fourth-order valence-corrected chi connectivity index (χ4v) is 2.24. The normalized spacial score (nSPS) is 13.3. The van der Waals surface area contributed by atoms with Crippen LogP contribution in [-0.4, -0.2) is 25.6 Å². The van der Waals surface area contributed by atoms with E-state index in [1.54, 1.807) is 6.07 Å². The van der Waals surface area contributed by atoms with E-state index in [2.05, 4.69) is 4.74 Å². The molecule has 0 aromatic heterocycles. The number of halogens is 5. The minimum absolute atomic E-state index is 0.117. The molecule has 0 spiro atoms. The van der Waals surface area contributed by atoms with Crippen LogP contribution in [0.1, 0.15) is 18.9 Å². The predicted molar refractivity (Wildman–Crippen MR) is 75.9 cm³/mol. The van der Waals surface area contributed by atoms with Crippen LogP contribution in [0.5, 0.6) is 5.75 Å². The van der Waals surface area contributed by atoms with Crippen LogP contribution in [0.25, 0.3) is 0 Å². The summed E-state index contributed by atoms with van der Waals surface area (Å²) in [7, 11) is 0. The Balaban J connectivity index is 2.75. The van der Waals surface area contributed by atoms with Crippen LogP contribution < -0.4 is 10.5 Å². The Morgan fingerprint density at radius 3 is 2.48 bits per heavy atom. The van der Waals surface area contributed by atoms with Gasteiger partial charge in [0.2, 0.25) is 0 Å². The summed E-state index contributed by atoms with van der Waals surface area (Å²) < 4.78 is 44.5. The van der Waals surface area contributed by atoms with Crippen LogP contribution in [0.15, 0.2) is 12.1 Å². The molecule has 2 N–H and O–H groups in total. The van der Waals surface area contributed by atoms with Crippen molar-refractivity contribution in [2.75, 3.05) is 13.2 Å². The third-order valence-electron chi connectivity index (χ3n) is 2.69. The van der Waals surface area contributed by atoms with Crippen molar-refractivity contribution in [3.8, 4) is 5.75 Å². The van der Waals surface area contributed by atoms with Gasteiger partial charge in [-0.3, -0.25) is 4.74 Å². The van der Waals surface area contributed by atoms with E-state index in [4.69, 9.17) is 33.7 Å². The van der Waals surface area contributed by atoms with Crippen LogP contribution in [0.2, 0.25) is 10.0 Å². The van der Waals surface area contributed by atoms with E-state index < -0.39 is 13.0 Å². The molecule has 0 aliphatic rings. The summed E-state index contributed by atoms with van der Waals surface area (Å²) in [5, 5.41) is 0.644. The molecule has 0 bridgehead atoms. The van der Waals surface area contributed by atoms with Gasteiger partial charge < -0.3 is 10.5 Å². The molecule has 0 aliphatic carbocycles. The van der Waals surface area contributed by atoms with Gasteiger partial charge in [0.25, 0.3) is 0 Å². The molecule has 0 aliphatic heterocycles. The summed E-state index contributed by atoms with van der Waals surface area (Å²) in [5.74, 6) is 0.288. The topological polar surface area (TPSA) is 44.5 Å². The largest absolute Gasteiger partial charge is 0.522 e. The van der Waals surface area contributed by atoms with Gasteiger partial charge in [-0.1, -0.05) is 30.1 Å². The van der Waals surface area contributed by atoms with Crippen molar-refractivity contribution < 1.29 is 22.6 Å². The maximum Gasteiger partial charge on any atom is 0.522 e. The molecular weight excluding hydrogens is 330 g/mol. The minimum Gasteiger partial charge on any atom is -0.489 e. The van der Waals surface area contributed by atoms with E-state index in [9.17, 15) is 13.2 Å². The standard InChI is InChI=1S/C13H16Cl2F3NO2/c1-2-10(19)6-8-5-9(14)7-11(15)12(8)20-3-4-21-13(16,17)18/h5,7,10H,2-4,6,19H2,1H3. The van der Waals surface area contributed by atoms with Gasteiger partial charge in [-0.25, -0.2) is 0 Å². The lowest BCUT2D eigenvalue weighted by atomic mass is 10.0. The van der Waals surface area contributed by atoms with Crippen LogP contribution in [-0.2, 0) is 11.2 Å². The van der Waals surface area contributed by atoms with Crippen LogP contribution in [0, 0.1) is 0 Å². The second-order valence-corrected chi connectivity index (χ2v) is 5.23. The first kappa shape index (κ1) is 18.4. The SMILES string of the molecule is CCC(N)Cc1cc(Cl)cc(Cl)c1OCCOC(F)(F)F. The lowest BCUT2D eigenvalue weighted by molar-refractivity contribution is -0.325. The Kier molecular flexibility index (Phi) is 7.06. The van der Waals surface area contributed by atoms with Crippen molar-refractivity contribution in [3.63, 3.8) is 0 Å². The fourth-order valence-electron chi connectivity index (χ4n) is 1.65. The Hall–Kier alpha value is -0.690. The van der Waals surface area contributed by atoms with Gasteiger partial charge in [-0.05, 0) is 30.5 Å². The van der Waals surface area contributed by atoms with Crippen molar-refractivity contribution in [1.82, 2.24) is 0 Å². The summed E-state index contributed by atoms with van der Waals surface area (Å²) in [5.41, 5.74) is 6.53. The Morgan fingerprint density at radius 2 is 1.90 bits per heavy atom. The average Bonchev–Trinajstić information content (AvgIpc) is 2.35. The van der Waals surface area contributed by atoms with Crippen LogP contribution in [0.3, 0.4) is 0 Å². The average molecular weight is 346 g/mol. The van der Waals surface area contributed by atoms with Gasteiger partial charge in [0.1, 0.15) is 12.4 Å². The molecule has 8 heteroatoms. The van der Waals surface area contributed by atoms with E-state index in [0.29, 0.717) is 17.0 Å². The molecular formula is C13H16Cl2F3NO2. The van der Waals surface area contributed by atoms with Gasteiger partial charge >= 0.3 is 6.36 Å². The molecule has 0 fully saturated rings. The number of rotatable bonds is 7. The maximum absolute atomic E-state index is 11.9. The molecule has 1 unspecified atom stereocenters. The summed E-state index contributed by atoms with van der Waals surface area (Å²) >= 11 is 11.9. The van der Waals surface area contributed by atoms with E-state index in [0.717, 1.165) is 6.42 Å². The number of ether oxygens (including phenoxy) is 2. The van der Waals surface area contributed by atoms with Crippen LogP contribution >= 0.6 is 23.2 Å². The highest BCUT2D eigenvalue weighted by molar-refractivity contribution is 6.35. The molecule has 1 atom stereocenters. The molecule has 0 saturated carbocycles. The third kappa shape index (κ3) is 6.74. The lowest BCUT2D eigenvalue weighted by Crippen LogP contribution is -2.22. The van der Waals surface area contributed by atoms with Crippen molar-refractivity contribution in [3.05, 3.63) is 27.7 Å². The first-order valence-corrected chi connectivity index (χ1v) is 7.05. The Bertz CT molecular complexity index is 469. The highest BCUT2D eigenvalue weighted by Gasteiger charge is 2.28. The summed E-state index contributed by atoms with van der Waals surface area (Å²) in [6, 6.07) is 2.99. The predicted octanol–water partition coefficient (Wildman–Crippen LogP) is 4.19. The summed E-state index contributed by atoms with van der Waals surface area (Å²) in [6.07, 6.45) is -3.48. The van der Waals surface area contributed by atoms with Gasteiger partial charge in [0, 0.05) is 11.1 Å². The number of hydrogen-bond donors (Lipinski definition) is 1. The molecule has 1 aromatic carbocycles. The Morgan fingerprint density at radius 1 is 1.24 bits per heavy atom. The zero-order valence-corrected chi connectivity index (χ0v) is 12.9. The molecule has 21 heavy (non-hydrogen) atoms.